The van der Waals surface area contributed by atoms with Crippen molar-refractivity contribution in [2.75, 3.05) is 20.6 Å². The molecule has 0 atom stereocenters. The van der Waals surface area contributed by atoms with Crippen LogP contribution in [0, 0.1) is 6.92 Å². The molecule has 0 aliphatic heterocycles. The molecule has 0 aliphatic carbocycles. The first-order valence-corrected chi connectivity index (χ1v) is 2.71. The molecule has 0 aromatic heterocycles. The van der Waals surface area contributed by atoms with Gasteiger partial charge in [-0.2, -0.15) is 6.42 Å². The molecule has 0 aliphatic rings. The van der Waals surface area contributed by atoms with E-state index in [2.05, 4.69) is 25.9 Å². The van der Waals surface area contributed by atoms with Crippen LogP contribution < -0.4 is 51.4 Å². The van der Waals surface area contributed by atoms with Crippen LogP contribution in [0.15, 0.2) is 0 Å². The minimum atomic E-state index is 0. The molecule has 0 amide bonds. The van der Waals surface area contributed by atoms with Crippen LogP contribution in [0.1, 0.15) is 12.8 Å². The van der Waals surface area contributed by atoms with Crippen LogP contribution in [0.3, 0.4) is 0 Å². The van der Waals surface area contributed by atoms with Crippen molar-refractivity contribution in [2.45, 2.75) is 12.8 Å². The molecule has 0 saturated carbocycles. The van der Waals surface area contributed by atoms with Crippen LogP contribution in [-0.4, -0.2) is 25.5 Å². The van der Waals surface area contributed by atoms with Gasteiger partial charge in [0, 0.05) is 0 Å². The summed E-state index contributed by atoms with van der Waals surface area (Å²) in [5.41, 5.74) is 0. The zero-order chi connectivity index (χ0) is 5.70. The summed E-state index contributed by atoms with van der Waals surface area (Å²) in [7, 11) is 4.16. The van der Waals surface area contributed by atoms with Crippen molar-refractivity contribution in [1.29, 1.82) is 0 Å². The topological polar surface area (TPSA) is 3.24 Å². The molecule has 0 saturated heterocycles. The maximum absolute atomic E-state index is 3.73. The fraction of sp³-hybridized carbons (Fsp3) is 0.833. The van der Waals surface area contributed by atoms with Crippen molar-refractivity contribution >= 4 is 0 Å². The van der Waals surface area contributed by atoms with Gasteiger partial charge in [0.1, 0.15) is 0 Å². The Kier molecular flexibility index (Phi) is 13.2. The van der Waals surface area contributed by atoms with Gasteiger partial charge in [0.15, 0.2) is 0 Å². The molecule has 0 aromatic rings. The smallest absolute Gasteiger partial charge is 0.343 e. The number of hydrogen-bond acceptors (Lipinski definition) is 1. The molecule has 44 valence electrons. The second kappa shape index (κ2) is 8.60. The van der Waals surface area contributed by atoms with Crippen LogP contribution in [0.5, 0.6) is 0 Å². The van der Waals surface area contributed by atoms with Crippen molar-refractivity contribution in [3.63, 3.8) is 0 Å². The van der Waals surface area contributed by atoms with Crippen molar-refractivity contribution in [2.24, 2.45) is 0 Å². The van der Waals surface area contributed by atoms with Gasteiger partial charge in [-0.25, -0.2) is 0 Å². The summed E-state index contributed by atoms with van der Waals surface area (Å²) >= 11 is 0. The van der Waals surface area contributed by atoms with E-state index in [1.165, 1.54) is 13.0 Å². The molecule has 0 unspecified atom stereocenters. The molecule has 0 bridgehead atoms. The van der Waals surface area contributed by atoms with Gasteiger partial charge in [-0.15, -0.1) is 0 Å². The van der Waals surface area contributed by atoms with E-state index < -0.39 is 0 Å². The average Bonchev–Trinajstić information content (AvgIpc) is 1.61. The van der Waals surface area contributed by atoms with Crippen molar-refractivity contribution < 1.29 is 51.4 Å². The third-order valence-electron chi connectivity index (χ3n) is 0.855. The maximum atomic E-state index is 3.73. The number of nitrogens with zero attached hydrogens (tertiary/aromatic N) is 1. The molecule has 2 heteroatoms. The van der Waals surface area contributed by atoms with E-state index in [4.69, 9.17) is 0 Å². The first-order chi connectivity index (χ1) is 3.27. The zero-order valence-electron chi connectivity index (χ0n) is 6.28. The molecule has 0 radical (unpaired) electrons. The Hall–Kier alpha value is 1.60. The first-order valence-electron chi connectivity index (χ1n) is 2.71. The average molecular weight is 139 g/mol. The molecule has 0 fully saturated rings. The van der Waals surface area contributed by atoms with Gasteiger partial charge in [0.25, 0.3) is 0 Å². The molecule has 0 spiro atoms. The monoisotopic (exact) mass is 139 g/mol. The van der Waals surface area contributed by atoms with E-state index in [1.807, 2.05) is 0 Å². The predicted octanol–water partition coefficient (Wildman–Crippen LogP) is -1.83. The van der Waals surface area contributed by atoms with E-state index in [-0.39, 0.29) is 51.4 Å². The molecule has 1 nitrogen and oxygen atoms in total. The van der Waals surface area contributed by atoms with E-state index >= 15 is 0 Å². The van der Waals surface area contributed by atoms with Gasteiger partial charge in [0.2, 0.25) is 0 Å². The van der Waals surface area contributed by atoms with Crippen LogP contribution in [-0.2, 0) is 0 Å². The molecule has 0 rings (SSSR count). The van der Waals surface area contributed by atoms with Gasteiger partial charge in [-0.05, 0) is 20.6 Å². The maximum Gasteiger partial charge on any atom is 1.00 e. The van der Waals surface area contributed by atoms with Crippen LogP contribution in [0.4, 0.5) is 0 Å². The fourth-order valence-electron chi connectivity index (χ4n) is 0.428. The minimum absolute atomic E-state index is 0. The van der Waals surface area contributed by atoms with E-state index in [0.29, 0.717) is 0 Å². The van der Waals surface area contributed by atoms with Crippen LogP contribution in [0.2, 0.25) is 0 Å². The second-order valence-electron chi connectivity index (χ2n) is 2.01. The summed E-state index contributed by atoms with van der Waals surface area (Å²) in [6, 6.07) is 0. The largest absolute Gasteiger partial charge is 1.00 e. The molecule has 0 N–H and O–H groups in total. The normalized spacial score (nSPS) is 9.00. The minimum Gasteiger partial charge on any atom is -0.343 e. The Morgan fingerprint density at radius 2 is 1.88 bits per heavy atom. The Balaban J connectivity index is 0. The molecule has 8 heavy (non-hydrogen) atoms. The number of rotatable bonds is 3. The summed E-state index contributed by atoms with van der Waals surface area (Å²) in [5.74, 6) is 0. The fourth-order valence-corrected chi connectivity index (χ4v) is 0.428. The predicted molar refractivity (Wildman–Crippen MR) is 33.1 cm³/mol. The first kappa shape index (κ1) is 12.3. The van der Waals surface area contributed by atoms with Gasteiger partial charge in [-0.1, -0.05) is 6.42 Å². The van der Waals surface area contributed by atoms with Gasteiger partial charge in [-0.3, -0.25) is 0 Å². The summed E-state index contributed by atoms with van der Waals surface area (Å²) < 4.78 is 0. The van der Waals surface area contributed by atoms with E-state index in [1.54, 1.807) is 0 Å². The Morgan fingerprint density at radius 1 is 1.38 bits per heavy atom. The van der Waals surface area contributed by atoms with E-state index in [9.17, 15) is 0 Å². The van der Waals surface area contributed by atoms with Crippen LogP contribution >= 0.6 is 0 Å². The third kappa shape index (κ3) is 10.6. The molecular weight excluding hydrogens is 125 g/mol. The van der Waals surface area contributed by atoms with Crippen molar-refractivity contribution in [1.82, 2.24) is 4.90 Å². The van der Waals surface area contributed by atoms with Crippen LogP contribution in [0.25, 0.3) is 0 Å². The van der Waals surface area contributed by atoms with Crippen molar-refractivity contribution in [3.05, 3.63) is 6.92 Å². The summed E-state index contributed by atoms with van der Waals surface area (Å²) in [5, 5.41) is 0. The van der Waals surface area contributed by atoms with Gasteiger partial charge >= 0.3 is 51.4 Å². The summed E-state index contributed by atoms with van der Waals surface area (Å²) in [4.78, 5) is 2.17. The van der Waals surface area contributed by atoms with Crippen molar-refractivity contribution in [3.8, 4) is 0 Å². The molecule has 0 heterocycles. The third-order valence-corrected chi connectivity index (χ3v) is 0.855. The van der Waals surface area contributed by atoms with Gasteiger partial charge in [0.05, 0.1) is 0 Å². The number of unbranched alkanes of at least 4 members (excludes halogenated alkanes) is 1. The molecular formula is C6H14KN. The second-order valence-corrected chi connectivity index (χ2v) is 2.01. The SMILES string of the molecule is [CH2-]CCCN(C)C.[K+]. The summed E-state index contributed by atoms with van der Waals surface area (Å²) in [6.07, 6.45) is 2.27. The quantitative estimate of drug-likeness (QED) is 0.328. The standard InChI is InChI=1S/C6H14N.K/c1-4-5-6-7(2)3;/h1,4-6H2,2-3H3;/q-1;+1. The number of hydrogen-bond donors (Lipinski definition) is 0. The van der Waals surface area contributed by atoms with Gasteiger partial charge < -0.3 is 11.8 Å². The Morgan fingerprint density at radius 3 is 2.00 bits per heavy atom. The molecule has 0 aromatic carbocycles. The zero-order valence-corrected chi connectivity index (χ0v) is 9.40. The summed E-state index contributed by atoms with van der Waals surface area (Å²) in [6.45, 7) is 4.90. The Bertz CT molecular complexity index is 37.5. The Labute approximate surface area is 95.2 Å². The van der Waals surface area contributed by atoms with E-state index in [0.717, 1.165) is 6.42 Å².